The number of esters is 1. The van der Waals surface area contributed by atoms with Crippen molar-refractivity contribution in [2.75, 3.05) is 13.2 Å². The largest absolute Gasteiger partial charge is 0.465 e. The molecule has 0 spiro atoms. The molecule has 0 fully saturated rings. The molecule has 0 rings (SSSR count). The summed E-state index contributed by atoms with van der Waals surface area (Å²) in [4.78, 5) is 11.1. The number of hydrogen-bond acceptors (Lipinski definition) is 3. The number of ether oxygens (including phenoxy) is 2. The van der Waals surface area contributed by atoms with Crippen molar-refractivity contribution < 1.29 is 14.3 Å². The van der Waals surface area contributed by atoms with Gasteiger partial charge in [-0.15, -0.1) is 0 Å². The summed E-state index contributed by atoms with van der Waals surface area (Å²) < 4.78 is 10.6. The van der Waals surface area contributed by atoms with Gasteiger partial charge in [0.25, 0.3) is 0 Å². The molecule has 3 nitrogen and oxygen atoms in total. The predicted octanol–water partition coefficient (Wildman–Crippen LogP) is 2.78. The Morgan fingerprint density at radius 3 is 2.40 bits per heavy atom. The monoisotopic (exact) mass is 216 g/mol. The highest BCUT2D eigenvalue weighted by Gasteiger charge is 2.09. The van der Waals surface area contributed by atoms with Crippen LogP contribution < -0.4 is 0 Å². The fraction of sp³-hybridized carbons (Fsp3) is 0.917. The Hall–Kier alpha value is -0.570. The van der Waals surface area contributed by atoms with Crippen LogP contribution in [0.15, 0.2) is 0 Å². The lowest BCUT2D eigenvalue weighted by atomic mass is 10.2. The van der Waals surface area contributed by atoms with Crippen LogP contribution >= 0.6 is 0 Å². The highest BCUT2D eigenvalue weighted by Crippen LogP contribution is 2.02. The number of carbonyl (C=O) groups is 1. The van der Waals surface area contributed by atoms with Crippen LogP contribution in [0.5, 0.6) is 0 Å². The molecule has 0 bridgehead atoms. The van der Waals surface area contributed by atoms with Gasteiger partial charge in [-0.05, 0) is 13.3 Å². The van der Waals surface area contributed by atoms with Crippen LogP contribution in [0.4, 0.5) is 0 Å². The summed E-state index contributed by atoms with van der Waals surface area (Å²) in [5.41, 5.74) is 0. The Bertz CT molecular complexity index is 166. The van der Waals surface area contributed by atoms with Crippen LogP contribution in [-0.4, -0.2) is 25.3 Å². The summed E-state index contributed by atoms with van der Waals surface area (Å²) in [5.74, 6) is -0.169. The first kappa shape index (κ1) is 14.4. The van der Waals surface area contributed by atoms with Crippen molar-refractivity contribution in [3.8, 4) is 0 Å². The number of rotatable bonds is 8. The standard InChI is InChI=1S/C12H24O3/c1-5-6-8-14-11(4)7-9-15-12(13)10(2)3/h10-11H,5-9H2,1-4H3. The molecule has 0 saturated carbocycles. The van der Waals surface area contributed by atoms with E-state index in [1.165, 1.54) is 0 Å². The van der Waals surface area contributed by atoms with Gasteiger partial charge in [-0.1, -0.05) is 27.2 Å². The van der Waals surface area contributed by atoms with E-state index in [1.807, 2.05) is 20.8 Å². The number of unbranched alkanes of at least 4 members (excludes halogenated alkanes) is 1. The Morgan fingerprint density at radius 2 is 1.87 bits per heavy atom. The maximum absolute atomic E-state index is 11.1. The Morgan fingerprint density at radius 1 is 1.20 bits per heavy atom. The molecule has 0 aliphatic carbocycles. The maximum atomic E-state index is 11.1. The molecule has 0 aromatic rings. The van der Waals surface area contributed by atoms with Gasteiger partial charge in [0.2, 0.25) is 0 Å². The molecule has 1 unspecified atom stereocenters. The van der Waals surface area contributed by atoms with Crippen LogP contribution in [-0.2, 0) is 14.3 Å². The van der Waals surface area contributed by atoms with Gasteiger partial charge in [0.15, 0.2) is 0 Å². The number of carbonyl (C=O) groups excluding carboxylic acids is 1. The third kappa shape index (κ3) is 8.43. The van der Waals surface area contributed by atoms with Crippen LogP contribution in [0.3, 0.4) is 0 Å². The Balaban J connectivity index is 3.38. The van der Waals surface area contributed by atoms with E-state index in [2.05, 4.69) is 6.92 Å². The molecule has 0 aliphatic heterocycles. The van der Waals surface area contributed by atoms with Crippen LogP contribution in [0.25, 0.3) is 0 Å². The lowest BCUT2D eigenvalue weighted by Crippen LogP contribution is -2.17. The first-order chi connectivity index (χ1) is 7.07. The van der Waals surface area contributed by atoms with Gasteiger partial charge in [0, 0.05) is 13.0 Å². The van der Waals surface area contributed by atoms with E-state index in [-0.39, 0.29) is 18.0 Å². The SMILES string of the molecule is CCCCOC(C)CCOC(=O)C(C)C. The lowest BCUT2D eigenvalue weighted by molar-refractivity contribution is -0.148. The van der Waals surface area contributed by atoms with E-state index in [0.29, 0.717) is 6.61 Å². The third-order valence-corrected chi connectivity index (χ3v) is 2.14. The summed E-state index contributed by atoms with van der Waals surface area (Å²) >= 11 is 0. The molecule has 0 aromatic carbocycles. The highest BCUT2D eigenvalue weighted by molar-refractivity contribution is 5.71. The minimum absolute atomic E-state index is 0.0404. The molecule has 90 valence electrons. The summed E-state index contributed by atoms with van der Waals surface area (Å²) in [7, 11) is 0. The van der Waals surface area contributed by atoms with E-state index in [1.54, 1.807) is 0 Å². The normalized spacial score (nSPS) is 12.9. The van der Waals surface area contributed by atoms with Crippen molar-refractivity contribution in [1.82, 2.24) is 0 Å². The van der Waals surface area contributed by atoms with Crippen molar-refractivity contribution >= 4 is 5.97 Å². The molecule has 3 heteroatoms. The molecule has 0 saturated heterocycles. The first-order valence-electron chi connectivity index (χ1n) is 5.86. The molecule has 15 heavy (non-hydrogen) atoms. The fourth-order valence-electron chi connectivity index (χ4n) is 1.00. The van der Waals surface area contributed by atoms with E-state index < -0.39 is 0 Å². The highest BCUT2D eigenvalue weighted by atomic mass is 16.5. The van der Waals surface area contributed by atoms with E-state index in [0.717, 1.165) is 25.9 Å². The zero-order chi connectivity index (χ0) is 11.7. The van der Waals surface area contributed by atoms with Gasteiger partial charge in [-0.2, -0.15) is 0 Å². The van der Waals surface area contributed by atoms with Gasteiger partial charge in [0.05, 0.1) is 18.6 Å². The second-order valence-electron chi connectivity index (χ2n) is 4.15. The molecule has 0 amide bonds. The van der Waals surface area contributed by atoms with E-state index in [4.69, 9.17) is 9.47 Å². The summed E-state index contributed by atoms with van der Waals surface area (Å²) in [6, 6.07) is 0. The van der Waals surface area contributed by atoms with E-state index in [9.17, 15) is 4.79 Å². The number of hydrogen-bond donors (Lipinski definition) is 0. The molecule has 0 N–H and O–H groups in total. The van der Waals surface area contributed by atoms with Crippen molar-refractivity contribution in [2.24, 2.45) is 5.92 Å². The van der Waals surface area contributed by atoms with Gasteiger partial charge < -0.3 is 9.47 Å². The zero-order valence-corrected chi connectivity index (χ0v) is 10.4. The smallest absolute Gasteiger partial charge is 0.308 e. The van der Waals surface area contributed by atoms with Crippen molar-refractivity contribution in [3.05, 3.63) is 0 Å². The fourth-order valence-corrected chi connectivity index (χ4v) is 1.00. The maximum Gasteiger partial charge on any atom is 0.308 e. The molecule has 0 aliphatic rings. The van der Waals surface area contributed by atoms with E-state index >= 15 is 0 Å². The predicted molar refractivity (Wildman–Crippen MR) is 60.7 cm³/mol. The summed E-state index contributed by atoms with van der Waals surface area (Å²) in [6.45, 7) is 9.09. The first-order valence-corrected chi connectivity index (χ1v) is 5.86. The second-order valence-corrected chi connectivity index (χ2v) is 4.15. The van der Waals surface area contributed by atoms with Crippen molar-refractivity contribution in [2.45, 2.75) is 53.1 Å². The van der Waals surface area contributed by atoms with Crippen LogP contribution in [0, 0.1) is 5.92 Å². The molecule has 0 radical (unpaired) electrons. The Labute approximate surface area is 93.1 Å². The van der Waals surface area contributed by atoms with Crippen molar-refractivity contribution in [1.29, 1.82) is 0 Å². The molecule has 0 aromatic heterocycles. The zero-order valence-electron chi connectivity index (χ0n) is 10.4. The molecule has 0 heterocycles. The van der Waals surface area contributed by atoms with Crippen molar-refractivity contribution in [3.63, 3.8) is 0 Å². The van der Waals surface area contributed by atoms with Gasteiger partial charge in [0.1, 0.15) is 0 Å². The molecule has 1 atom stereocenters. The molecular formula is C12H24O3. The van der Waals surface area contributed by atoms with Crippen LogP contribution in [0.1, 0.15) is 47.0 Å². The third-order valence-electron chi connectivity index (χ3n) is 2.14. The topological polar surface area (TPSA) is 35.5 Å². The Kier molecular flexibility index (Phi) is 8.38. The summed E-state index contributed by atoms with van der Waals surface area (Å²) in [5, 5.41) is 0. The average Bonchev–Trinajstić information content (AvgIpc) is 2.18. The van der Waals surface area contributed by atoms with Gasteiger partial charge in [-0.25, -0.2) is 0 Å². The minimum atomic E-state index is -0.129. The average molecular weight is 216 g/mol. The summed E-state index contributed by atoms with van der Waals surface area (Å²) in [6.07, 6.45) is 3.20. The van der Waals surface area contributed by atoms with Gasteiger partial charge in [-0.3, -0.25) is 4.79 Å². The van der Waals surface area contributed by atoms with Gasteiger partial charge >= 0.3 is 5.97 Å². The molecular weight excluding hydrogens is 192 g/mol. The van der Waals surface area contributed by atoms with Crippen LogP contribution in [0.2, 0.25) is 0 Å². The second kappa shape index (κ2) is 8.72. The minimum Gasteiger partial charge on any atom is -0.465 e. The lowest BCUT2D eigenvalue weighted by Gasteiger charge is -2.13. The quantitative estimate of drug-likeness (QED) is 0.462.